The van der Waals surface area contributed by atoms with Gasteiger partial charge in [-0.1, -0.05) is 0 Å². The number of ether oxygens (including phenoxy) is 1. The molecule has 2 rings (SSSR count). The first-order chi connectivity index (χ1) is 12.0. The molecule has 0 saturated heterocycles. The van der Waals surface area contributed by atoms with Gasteiger partial charge in [-0.3, -0.25) is 5.73 Å². The molecule has 5 nitrogen and oxygen atoms in total. The number of nitrogen functional groups attached to an aromatic ring is 1. The minimum Gasteiger partial charge on any atom is -0.406 e. The Kier molecular flexibility index (Phi) is 5.19. The zero-order valence-electron chi connectivity index (χ0n) is 12.7. The summed E-state index contributed by atoms with van der Waals surface area (Å²) in [5, 5.41) is 0. The van der Waals surface area contributed by atoms with Crippen LogP contribution in [0.4, 0.5) is 26.3 Å². The predicted octanol–water partition coefficient (Wildman–Crippen LogP) is 1.63. The SMILES string of the molecule is NC(=[NH+]C(=O)c1ccc(OC(F)(F)F)cc1)c1ccc(C(F)(F)F)cn1. The highest BCUT2D eigenvalue weighted by Crippen LogP contribution is 2.28. The molecule has 26 heavy (non-hydrogen) atoms. The third kappa shape index (κ3) is 5.19. The minimum atomic E-state index is -4.86. The smallest absolute Gasteiger partial charge is 0.406 e. The number of carbonyl (C=O) groups excluding carboxylic acids is 1. The summed E-state index contributed by atoms with van der Waals surface area (Å²) in [7, 11) is 0. The van der Waals surface area contributed by atoms with Gasteiger partial charge in [0.1, 0.15) is 5.75 Å². The molecule has 138 valence electrons. The van der Waals surface area contributed by atoms with Crippen molar-refractivity contribution in [2.24, 2.45) is 5.73 Å². The topological polar surface area (TPSA) is 79.2 Å². The summed E-state index contributed by atoms with van der Waals surface area (Å²) in [4.78, 5) is 17.7. The Balaban J connectivity index is 2.14. The number of hydrogen-bond donors (Lipinski definition) is 2. The van der Waals surface area contributed by atoms with Gasteiger partial charge in [-0.15, -0.1) is 13.2 Å². The molecular formula is C15H10F6N3O2+. The summed E-state index contributed by atoms with van der Waals surface area (Å²) in [6.45, 7) is 0. The summed E-state index contributed by atoms with van der Waals surface area (Å²) < 4.78 is 77.2. The number of rotatable bonds is 3. The van der Waals surface area contributed by atoms with E-state index in [9.17, 15) is 31.1 Å². The van der Waals surface area contributed by atoms with Gasteiger partial charge in [0.25, 0.3) is 5.84 Å². The molecule has 0 aliphatic rings. The summed E-state index contributed by atoms with van der Waals surface area (Å²) in [6.07, 6.45) is -8.88. The number of nitrogens with one attached hydrogen (secondary N) is 1. The molecule has 3 N–H and O–H groups in total. The maximum Gasteiger partial charge on any atom is 0.573 e. The molecule has 0 bridgehead atoms. The fourth-order valence-corrected chi connectivity index (χ4v) is 1.79. The van der Waals surface area contributed by atoms with Crippen molar-refractivity contribution in [3.8, 4) is 5.75 Å². The maximum absolute atomic E-state index is 12.5. The van der Waals surface area contributed by atoms with Crippen molar-refractivity contribution >= 4 is 11.7 Å². The standard InChI is InChI=1S/C15H9F6N3O2/c16-14(17,18)9-3-6-11(23-7-9)12(22)24-13(25)8-1-4-10(5-2-8)26-15(19,20)21/h1-7H,(H2,22,24,25)/p+1. The molecular weight excluding hydrogens is 368 g/mol. The average Bonchev–Trinajstić information content (AvgIpc) is 2.53. The monoisotopic (exact) mass is 378 g/mol. The highest BCUT2D eigenvalue weighted by atomic mass is 19.4. The van der Waals surface area contributed by atoms with Gasteiger partial charge in [-0.25, -0.2) is 14.8 Å². The van der Waals surface area contributed by atoms with Gasteiger partial charge in [-0.2, -0.15) is 13.2 Å². The van der Waals surface area contributed by atoms with Gasteiger partial charge >= 0.3 is 18.4 Å². The Labute approximate surface area is 142 Å². The quantitative estimate of drug-likeness (QED) is 0.484. The third-order valence-electron chi connectivity index (χ3n) is 2.97. The Morgan fingerprint density at radius 3 is 2.08 bits per heavy atom. The van der Waals surface area contributed by atoms with Crippen LogP contribution in [0.3, 0.4) is 0 Å². The summed E-state index contributed by atoms with van der Waals surface area (Å²) in [5.74, 6) is -1.63. The second-order valence-corrected chi connectivity index (χ2v) is 4.87. The molecule has 0 unspecified atom stereocenters. The summed E-state index contributed by atoms with van der Waals surface area (Å²) in [6, 6.07) is 5.68. The Morgan fingerprint density at radius 2 is 1.62 bits per heavy atom. The lowest BCUT2D eigenvalue weighted by atomic mass is 10.2. The molecule has 0 aliphatic carbocycles. The highest BCUT2D eigenvalue weighted by molar-refractivity contribution is 5.96. The molecule has 0 saturated carbocycles. The first-order valence-corrected chi connectivity index (χ1v) is 6.79. The van der Waals surface area contributed by atoms with E-state index < -0.39 is 29.8 Å². The Morgan fingerprint density at radius 1 is 1.00 bits per heavy atom. The normalized spacial score (nSPS) is 12.8. The minimum absolute atomic E-state index is 0.0469. The van der Waals surface area contributed by atoms with E-state index in [2.05, 4.69) is 14.7 Å². The maximum atomic E-state index is 12.5. The highest BCUT2D eigenvalue weighted by Gasteiger charge is 2.31. The zero-order chi connectivity index (χ0) is 19.5. The van der Waals surface area contributed by atoms with Crippen molar-refractivity contribution in [1.29, 1.82) is 0 Å². The number of nitrogens with two attached hydrogens (primary N) is 1. The van der Waals surface area contributed by atoms with E-state index in [1.807, 2.05) is 0 Å². The van der Waals surface area contributed by atoms with Crippen LogP contribution < -0.4 is 15.5 Å². The molecule has 0 aliphatic heterocycles. The van der Waals surface area contributed by atoms with Crippen molar-refractivity contribution < 1.29 is 40.9 Å². The molecule has 1 amide bonds. The molecule has 0 radical (unpaired) electrons. The van der Waals surface area contributed by atoms with Crippen LogP contribution in [0.5, 0.6) is 5.75 Å². The molecule has 0 fully saturated rings. The van der Waals surface area contributed by atoms with Gasteiger partial charge in [0, 0.05) is 6.20 Å². The number of aromatic nitrogens is 1. The first kappa shape index (κ1) is 19.2. The molecule has 1 aromatic heterocycles. The number of halogens is 6. The van der Waals surface area contributed by atoms with Crippen molar-refractivity contribution in [3.63, 3.8) is 0 Å². The van der Waals surface area contributed by atoms with E-state index in [0.717, 1.165) is 36.4 Å². The second-order valence-electron chi connectivity index (χ2n) is 4.87. The Bertz CT molecular complexity index is 811. The van der Waals surface area contributed by atoms with Gasteiger partial charge < -0.3 is 4.74 Å². The molecule has 1 aromatic carbocycles. The van der Waals surface area contributed by atoms with Crippen LogP contribution >= 0.6 is 0 Å². The Hall–Kier alpha value is -3.11. The van der Waals surface area contributed by atoms with E-state index in [0.29, 0.717) is 6.20 Å². The molecule has 0 spiro atoms. The lowest BCUT2D eigenvalue weighted by Crippen LogP contribution is -2.79. The van der Waals surface area contributed by atoms with Crippen LogP contribution in [0, 0.1) is 0 Å². The van der Waals surface area contributed by atoms with E-state index in [-0.39, 0.29) is 17.1 Å². The van der Waals surface area contributed by atoms with Crippen molar-refractivity contribution in [1.82, 2.24) is 4.98 Å². The van der Waals surface area contributed by atoms with E-state index in [1.165, 1.54) is 0 Å². The lowest BCUT2D eigenvalue weighted by molar-refractivity contribution is -0.345. The molecule has 11 heteroatoms. The van der Waals surface area contributed by atoms with Crippen LogP contribution in [0.15, 0.2) is 42.6 Å². The largest absolute Gasteiger partial charge is 0.573 e. The number of alkyl halides is 6. The van der Waals surface area contributed by atoms with Crippen LogP contribution in [-0.4, -0.2) is 23.1 Å². The van der Waals surface area contributed by atoms with Gasteiger partial charge in [0.05, 0.1) is 11.1 Å². The van der Waals surface area contributed by atoms with Gasteiger partial charge in [0.15, 0.2) is 5.69 Å². The fourth-order valence-electron chi connectivity index (χ4n) is 1.79. The molecule has 1 heterocycles. The van der Waals surface area contributed by atoms with E-state index in [4.69, 9.17) is 5.73 Å². The van der Waals surface area contributed by atoms with Crippen LogP contribution in [0.1, 0.15) is 21.6 Å². The number of carbonyl (C=O) groups is 1. The van der Waals surface area contributed by atoms with E-state index >= 15 is 0 Å². The van der Waals surface area contributed by atoms with Gasteiger partial charge in [-0.05, 0) is 36.4 Å². The lowest BCUT2D eigenvalue weighted by Gasteiger charge is -2.08. The number of amides is 1. The summed E-state index contributed by atoms with van der Waals surface area (Å²) in [5.41, 5.74) is 4.43. The number of amidine groups is 1. The van der Waals surface area contributed by atoms with Crippen LogP contribution in [0.2, 0.25) is 0 Å². The van der Waals surface area contributed by atoms with Crippen molar-refractivity contribution in [3.05, 3.63) is 59.4 Å². The number of pyridine rings is 1. The third-order valence-corrected chi connectivity index (χ3v) is 2.97. The molecule has 2 aromatic rings. The predicted molar refractivity (Wildman–Crippen MR) is 76.0 cm³/mol. The number of hydrogen-bond acceptors (Lipinski definition) is 3. The van der Waals surface area contributed by atoms with Gasteiger partial charge in [0.2, 0.25) is 0 Å². The number of benzene rings is 1. The molecule has 0 atom stereocenters. The first-order valence-electron chi connectivity index (χ1n) is 6.79. The zero-order valence-corrected chi connectivity index (χ0v) is 12.7. The second kappa shape index (κ2) is 7.02. The summed E-state index contributed by atoms with van der Waals surface area (Å²) >= 11 is 0. The van der Waals surface area contributed by atoms with Crippen LogP contribution in [-0.2, 0) is 6.18 Å². The average molecular weight is 378 g/mol. The van der Waals surface area contributed by atoms with Crippen molar-refractivity contribution in [2.45, 2.75) is 12.5 Å². The number of nitrogens with zero attached hydrogens (tertiary/aromatic N) is 1. The van der Waals surface area contributed by atoms with Crippen molar-refractivity contribution in [2.75, 3.05) is 0 Å². The fraction of sp³-hybridized carbons (Fsp3) is 0.133. The van der Waals surface area contributed by atoms with E-state index in [1.54, 1.807) is 0 Å². The van der Waals surface area contributed by atoms with Crippen LogP contribution in [0.25, 0.3) is 0 Å².